The highest BCUT2D eigenvalue weighted by Crippen LogP contribution is 2.39. The van der Waals surface area contributed by atoms with Gasteiger partial charge >= 0.3 is 0 Å². The van der Waals surface area contributed by atoms with Gasteiger partial charge < -0.3 is 13.7 Å². The topological polar surface area (TPSA) is 27.7 Å². The normalized spacial score (nSPS) is 11.9. The maximum absolute atomic E-state index is 4.48. The Morgan fingerprint density at radius 1 is 0.263 bits per heavy atom. The minimum Gasteiger partial charge on any atom is -0.309 e. The van der Waals surface area contributed by atoms with Crippen molar-refractivity contribution in [2.45, 2.75) is 0 Å². The van der Waals surface area contributed by atoms with E-state index in [1.165, 1.54) is 87.8 Å². The van der Waals surface area contributed by atoms with Crippen LogP contribution in [0.25, 0.3) is 105 Å². The van der Waals surface area contributed by atoms with E-state index in [0.717, 1.165) is 16.9 Å². The van der Waals surface area contributed by atoms with Crippen molar-refractivity contribution in [2.24, 2.45) is 0 Å². The number of para-hydroxylation sites is 4. The third kappa shape index (κ3) is 4.84. The average molecular weight is 727 g/mol. The molecule has 0 radical (unpaired) electrons. The average Bonchev–Trinajstić information content (AvgIpc) is 3.92. The van der Waals surface area contributed by atoms with Crippen LogP contribution in [0.2, 0.25) is 0 Å². The molecule has 0 aliphatic carbocycles. The van der Waals surface area contributed by atoms with Crippen LogP contribution in [0.3, 0.4) is 0 Å². The fourth-order valence-corrected chi connectivity index (χ4v) is 9.14. The molecule has 0 atom stereocenters. The van der Waals surface area contributed by atoms with E-state index >= 15 is 0 Å². The minimum absolute atomic E-state index is 1.11. The first-order valence-electron chi connectivity index (χ1n) is 19.5. The van der Waals surface area contributed by atoms with Crippen LogP contribution in [-0.4, -0.2) is 18.7 Å². The van der Waals surface area contributed by atoms with Crippen LogP contribution >= 0.6 is 0 Å². The lowest BCUT2D eigenvalue weighted by Crippen LogP contribution is -1.94. The van der Waals surface area contributed by atoms with Gasteiger partial charge in [-0.1, -0.05) is 103 Å². The van der Waals surface area contributed by atoms with Crippen LogP contribution < -0.4 is 0 Å². The van der Waals surface area contributed by atoms with E-state index in [2.05, 4.69) is 213 Å². The Morgan fingerprint density at radius 3 is 1.14 bits per heavy atom. The molecule has 0 saturated carbocycles. The van der Waals surface area contributed by atoms with Crippen LogP contribution in [0.1, 0.15) is 0 Å². The number of rotatable bonds is 5. The van der Waals surface area contributed by atoms with Crippen molar-refractivity contribution in [1.82, 2.24) is 18.7 Å². The quantitative estimate of drug-likeness (QED) is 0.174. The standard InChI is InChI=1S/C53H34N4/c1-3-11-39(12-4-1)55-48-17-9-7-15-42(48)45-32-37(22-27-50(45)55)38-23-28-51-46(33-38)43-16-8-10-18-49(43)56(51)41-24-19-35(20-25-41)36-21-26-52-47(31-36)44-29-30-54-34-53(44)57(52)40-13-5-2-6-14-40/h1-34H. The number of benzene rings is 8. The maximum Gasteiger partial charge on any atom is 0.0724 e. The number of hydrogen-bond acceptors (Lipinski definition) is 1. The lowest BCUT2D eigenvalue weighted by molar-refractivity contribution is 1.17. The predicted octanol–water partition coefficient (Wildman–Crippen LogP) is 13.7. The summed E-state index contributed by atoms with van der Waals surface area (Å²) in [6, 6.07) is 70.5. The van der Waals surface area contributed by atoms with Gasteiger partial charge in [-0.2, -0.15) is 0 Å². The molecule has 0 aliphatic heterocycles. The number of pyridine rings is 1. The molecule has 57 heavy (non-hydrogen) atoms. The van der Waals surface area contributed by atoms with Crippen molar-refractivity contribution in [3.05, 3.63) is 207 Å². The van der Waals surface area contributed by atoms with E-state index in [1.807, 2.05) is 12.4 Å². The summed E-state index contributed by atoms with van der Waals surface area (Å²) in [7, 11) is 0. The second-order valence-corrected chi connectivity index (χ2v) is 14.8. The van der Waals surface area contributed by atoms with Crippen molar-refractivity contribution in [1.29, 1.82) is 0 Å². The van der Waals surface area contributed by atoms with E-state index in [4.69, 9.17) is 0 Å². The molecule has 0 bridgehead atoms. The van der Waals surface area contributed by atoms with Crippen molar-refractivity contribution in [3.8, 4) is 39.3 Å². The summed E-state index contributed by atoms with van der Waals surface area (Å²) in [6.45, 7) is 0. The predicted molar refractivity (Wildman–Crippen MR) is 238 cm³/mol. The van der Waals surface area contributed by atoms with Gasteiger partial charge in [-0.25, -0.2) is 0 Å². The van der Waals surface area contributed by atoms with Crippen LogP contribution in [0.5, 0.6) is 0 Å². The van der Waals surface area contributed by atoms with Gasteiger partial charge in [0.05, 0.1) is 39.3 Å². The van der Waals surface area contributed by atoms with Gasteiger partial charge in [0.25, 0.3) is 0 Å². The largest absolute Gasteiger partial charge is 0.309 e. The van der Waals surface area contributed by atoms with Gasteiger partial charge in [0, 0.05) is 55.6 Å². The Kier molecular flexibility index (Phi) is 6.89. The van der Waals surface area contributed by atoms with Gasteiger partial charge in [-0.05, 0) is 113 Å². The van der Waals surface area contributed by atoms with E-state index in [0.29, 0.717) is 0 Å². The van der Waals surface area contributed by atoms with Crippen molar-refractivity contribution >= 4 is 65.4 Å². The highest BCUT2D eigenvalue weighted by atomic mass is 15.0. The first-order chi connectivity index (χ1) is 28.3. The van der Waals surface area contributed by atoms with Crippen LogP contribution in [0, 0.1) is 0 Å². The molecule has 0 aliphatic rings. The Hall–Kier alpha value is -7.69. The van der Waals surface area contributed by atoms with Gasteiger partial charge in [0.15, 0.2) is 0 Å². The lowest BCUT2D eigenvalue weighted by atomic mass is 10.0. The molecule has 0 spiro atoms. The Balaban J connectivity index is 0.949. The summed E-state index contributed by atoms with van der Waals surface area (Å²) >= 11 is 0. The molecular formula is C53H34N4. The zero-order valence-electron chi connectivity index (χ0n) is 30.9. The van der Waals surface area contributed by atoms with Crippen LogP contribution in [-0.2, 0) is 0 Å². The Morgan fingerprint density at radius 2 is 0.632 bits per heavy atom. The smallest absolute Gasteiger partial charge is 0.0724 e. The van der Waals surface area contributed by atoms with Crippen molar-refractivity contribution < 1.29 is 0 Å². The third-order valence-electron chi connectivity index (χ3n) is 11.7. The minimum atomic E-state index is 1.11. The zero-order valence-corrected chi connectivity index (χ0v) is 30.9. The Labute approximate surface area is 328 Å². The molecule has 12 aromatic rings. The number of fused-ring (bicyclic) bond motifs is 9. The molecule has 4 heteroatoms. The summed E-state index contributed by atoms with van der Waals surface area (Å²) in [5.41, 5.74) is 15.3. The Bertz CT molecular complexity index is 3500. The molecule has 4 nitrogen and oxygen atoms in total. The van der Waals surface area contributed by atoms with Gasteiger partial charge in [-0.3, -0.25) is 4.98 Å². The summed E-state index contributed by atoms with van der Waals surface area (Å²) in [6.07, 6.45) is 3.85. The van der Waals surface area contributed by atoms with E-state index in [-0.39, 0.29) is 0 Å². The van der Waals surface area contributed by atoms with Crippen LogP contribution in [0.15, 0.2) is 207 Å². The molecule has 0 amide bonds. The summed E-state index contributed by atoms with van der Waals surface area (Å²) < 4.78 is 7.08. The van der Waals surface area contributed by atoms with E-state index in [1.54, 1.807) is 0 Å². The zero-order chi connectivity index (χ0) is 37.5. The van der Waals surface area contributed by atoms with Gasteiger partial charge in [0.1, 0.15) is 0 Å². The van der Waals surface area contributed by atoms with Gasteiger partial charge in [0.2, 0.25) is 0 Å². The van der Waals surface area contributed by atoms with E-state index < -0.39 is 0 Å². The second kappa shape index (κ2) is 12.4. The molecule has 0 N–H and O–H groups in total. The number of nitrogens with zero attached hydrogens (tertiary/aromatic N) is 4. The molecule has 12 rings (SSSR count). The molecule has 266 valence electrons. The molecule has 0 saturated heterocycles. The van der Waals surface area contributed by atoms with Crippen molar-refractivity contribution in [3.63, 3.8) is 0 Å². The second-order valence-electron chi connectivity index (χ2n) is 14.8. The molecule has 0 unspecified atom stereocenters. The molecule has 8 aromatic carbocycles. The summed E-state index contributed by atoms with van der Waals surface area (Å²) in [5, 5.41) is 7.43. The fourth-order valence-electron chi connectivity index (χ4n) is 9.14. The van der Waals surface area contributed by atoms with Crippen molar-refractivity contribution in [2.75, 3.05) is 0 Å². The monoisotopic (exact) mass is 726 g/mol. The number of aromatic nitrogens is 4. The fraction of sp³-hybridized carbons (Fsp3) is 0. The maximum atomic E-state index is 4.48. The van der Waals surface area contributed by atoms with Crippen LogP contribution in [0.4, 0.5) is 0 Å². The summed E-state index contributed by atoms with van der Waals surface area (Å²) in [5.74, 6) is 0. The van der Waals surface area contributed by atoms with Gasteiger partial charge in [-0.15, -0.1) is 0 Å². The SMILES string of the molecule is c1ccc(-n2c3ccccc3c3cc(-c4ccc5c(c4)c4ccccc4n5-c4ccc(-c5ccc6c(c5)c5ccncc5n6-c5ccccc5)cc4)ccc32)cc1. The highest BCUT2D eigenvalue weighted by Gasteiger charge is 2.17. The molecule has 4 aromatic heterocycles. The molecule has 4 heterocycles. The molecular weight excluding hydrogens is 693 g/mol. The summed E-state index contributed by atoms with van der Waals surface area (Å²) in [4.78, 5) is 4.48. The lowest BCUT2D eigenvalue weighted by Gasteiger charge is -2.11. The third-order valence-corrected chi connectivity index (χ3v) is 11.7. The first kappa shape index (κ1) is 31.6. The first-order valence-corrected chi connectivity index (χ1v) is 19.5. The highest BCUT2D eigenvalue weighted by molar-refractivity contribution is 6.13. The number of hydrogen-bond donors (Lipinski definition) is 0. The molecule has 0 fully saturated rings. The van der Waals surface area contributed by atoms with E-state index in [9.17, 15) is 0 Å².